The summed E-state index contributed by atoms with van der Waals surface area (Å²) in [5.74, 6) is 1.30. The van der Waals surface area contributed by atoms with Gasteiger partial charge in [0.25, 0.3) is 8.32 Å². The summed E-state index contributed by atoms with van der Waals surface area (Å²) < 4.78 is 18.1. The number of aromatic nitrogens is 4. The maximum atomic E-state index is 7.60. The van der Waals surface area contributed by atoms with Gasteiger partial charge in [-0.1, -0.05) is 93.0 Å². The number of likely N-dealkylation sites (tertiary alicyclic amines) is 1. The van der Waals surface area contributed by atoms with E-state index in [0.29, 0.717) is 19.1 Å². The van der Waals surface area contributed by atoms with E-state index in [0.717, 1.165) is 53.5 Å². The minimum Gasteiger partial charge on any atom is -0.400 e. The third kappa shape index (κ3) is 5.17. The molecule has 5 aliphatic rings. The molecular weight excluding hydrogens is 646 g/mol. The average Bonchev–Trinajstić information content (AvgIpc) is 3.82. The molecule has 2 bridgehead atoms. The van der Waals surface area contributed by atoms with Crippen molar-refractivity contribution in [2.75, 3.05) is 26.3 Å². The number of halogens is 1. The third-order valence-corrected chi connectivity index (χ3v) is 17.6. The molecule has 10 rings (SSSR count). The Bertz CT molecular complexity index is 1910. The summed E-state index contributed by atoms with van der Waals surface area (Å²) >= 11 is 7.00. The van der Waals surface area contributed by atoms with Gasteiger partial charge in [-0.05, 0) is 90.1 Å². The lowest BCUT2D eigenvalue weighted by Gasteiger charge is -2.61. The molecule has 7 nitrogen and oxygen atoms in total. The predicted octanol–water partition coefficient (Wildman–Crippen LogP) is 6.91. The molecule has 3 aromatic carbocycles. The fourth-order valence-electron chi connectivity index (χ4n) is 9.41. The topological polar surface area (TPSA) is 57.3 Å². The highest BCUT2D eigenvalue weighted by atomic mass is 35.5. The van der Waals surface area contributed by atoms with Crippen molar-refractivity contribution in [2.45, 2.75) is 81.5 Å². The lowest BCUT2D eigenvalue weighted by Crippen LogP contribution is -2.69. The van der Waals surface area contributed by atoms with Gasteiger partial charge in [0.2, 0.25) is 0 Å². The molecule has 3 aliphatic carbocycles. The first-order chi connectivity index (χ1) is 23.7. The smallest absolute Gasteiger partial charge is 0.261 e. The molecule has 5 fully saturated rings. The largest absolute Gasteiger partial charge is 0.400 e. The second-order valence-electron chi connectivity index (χ2n) is 16.1. The number of fused-ring (bicyclic) bond motifs is 1. The van der Waals surface area contributed by atoms with Crippen molar-refractivity contribution in [2.24, 2.45) is 5.92 Å². The lowest BCUT2D eigenvalue weighted by atomic mass is 9.50. The number of benzene rings is 3. The van der Waals surface area contributed by atoms with Gasteiger partial charge in [-0.2, -0.15) is 10.2 Å². The predicted molar refractivity (Wildman–Crippen MR) is 198 cm³/mol. The maximum Gasteiger partial charge on any atom is 0.261 e. The van der Waals surface area contributed by atoms with Crippen LogP contribution in [0.25, 0.3) is 16.6 Å². The summed E-state index contributed by atoms with van der Waals surface area (Å²) in [7, 11) is -2.69. The SMILES string of the molecule is CC(C)(C)[Si](O[C@H]1COC[C@H]1N1CCC(c2cc3c(cnn3-c3cnn(C45CC(C4)C5)c3)cc2Cl)CC1)(c1ccccc1)c1ccccc1. The Hall–Kier alpha value is -3.27. The first-order valence-electron chi connectivity index (χ1n) is 18.1. The van der Waals surface area contributed by atoms with Crippen LogP contribution < -0.4 is 10.4 Å². The Morgan fingerprint density at radius 3 is 2.16 bits per heavy atom. The van der Waals surface area contributed by atoms with Crippen LogP contribution >= 0.6 is 11.6 Å². The Morgan fingerprint density at radius 1 is 0.878 bits per heavy atom. The van der Waals surface area contributed by atoms with E-state index >= 15 is 0 Å². The molecule has 0 radical (unpaired) electrons. The first kappa shape index (κ1) is 31.7. The zero-order valence-electron chi connectivity index (χ0n) is 28.8. The van der Waals surface area contributed by atoms with Crippen molar-refractivity contribution in [1.82, 2.24) is 24.5 Å². The molecule has 5 aromatic rings. The Morgan fingerprint density at radius 2 is 1.55 bits per heavy atom. The molecule has 0 amide bonds. The van der Waals surface area contributed by atoms with Gasteiger partial charge in [-0.25, -0.2) is 4.68 Å². The Labute approximate surface area is 295 Å². The van der Waals surface area contributed by atoms with Crippen LogP contribution in [0.2, 0.25) is 10.1 Å². The molecule has 4 heterocycles. The molecule has 0 N–H and O–H groups in total. The van der Waals surface area contributed by atoms with E-state index in [2.05, 4.69) is 109 Å². The number of nitrogens with zero attached hydrogens (tertiary/aromatic N) is 5. The van der Waals surface area contributed by atoms with Crippen LogP contribution in [-0.2, 0) is 14.7 Å². The van der Waals surface area contributed by atoms with Gasteiger partial charge in [-0.3, -0.25) is 9.58 Å². The molecule has 254 valence electrons. The van der Waals surface area contributed by atoms with Gasteiger partial charge in [0.15, 0.2) is 0 Å². The zero-order valence-corrected chi connectivity index (χ0v) is 30.5. The highest BCUT2D eigenvalue weighted by molar-refractivity contribution is 6.99. The third-order valence-electron chi connectivity index (χ3n) is 12.2. The molecule has 3 saturated carbocycles. The highest BCUT2D eigenvalue weighted by Gasteiger charge is 2.58. The maximum absolute atomic E-state index is 7.60. The van der Waals surface area contributed by atoms with E-state index in [-0.39, 0.29) is 22.7 Å². The summed E-state index contributed by atoms with van der Waals surface area (Å²) in [5.41, 5.74) is 3.62. The van der Waals surface area contributed by atoms with Gasteiger partial charge in [0.05, 0.1) is 55.0 Å². The summed E-state index contributed by atoms with van der Waals surface area (Å²) in [6, 6.07) is 26.5. The second kappa shape index (κ2) is 11.9. The van der Waals surface area contributed by atoms with Gasteiger partial charge in [-0.15, -0.1) is 0 Å². The molecule has 0 spiro atoms. The zero-order chi connectivity index (χ0) is 33.4. The number of hydrogen-bond donors (Lipinski definition) is 0. The van der Waals surface area contributed by atoms with Crippen LogP contribution in [0.15, 0.2) is 91.4 Å². The van der Waals surface area contributed by atoms with Gasteiger partial charge in [0.1, 0.15) is 5.69 Å². The van der Waals surface area contributed by atoms with Crippen LogP contribution in [0.5, 0.6) is 0 Å². The minimum atomic E-state index is -2.69. The standard InChI is InChI=1S/C40H46ClN5O2Si/c1-39(2,3)49(32-10-6-4-7-11-32,33-12-8-5-9-13-33)48-38-27-47-26-37(38)44-16-14-29(15-17-44)34-19-36-30(18-35(34)41)23-43-46(36)31-24-42-45(25-31)40-20-28(21-40)22-40/h4-13,18-19,23-25,28-29,37-38H,14-17,20-22,26-27H2,1-3H3/t28?,37-,38+,40?/m1/s1. The van der Waals surface area contributed by atoms with E-state index in [9.17, 15) is 0 Å². The van der Waals surface area contributed by atoms with Crippen LogP contribution in [0.4, 0.5) is 0 Å². The monoisotopic (exact) mass is 691 g/mol. The quantitative estimate of drug-likeness (QED) is 0.166. The average molecular weight is 692 g/mol. The molecule has 49 heavy (non-hydrogen) atoms. The summed E-state index contributed by atoms with van der Waals surface area (Å²) in [6.07, 6.45) is 12.0. The highest BCUT2D eigenvalue weighted by Crippen LogP contribution is 2.62. The van der Waals surface area contributed by atoms with Crippen molar-refractivity contribution in [3.05, 3.63) is 102 Å². The van der Waals surface area contributed by atoms with Crippen molar-refractivity contribution in [1.29, 1.82) is 0 Å². The summed E-state index contributed by atoms with van der Waals surface area (Å²) in [6.45, 7) is 10.4. The molecular formula is C40H46ClN5O2Si. The number of rotatable bonds is 8. The van der Waals surface area contributed by atoms with Crippen LogP contribution in [0, 0.1) is 5.92 Å². The molecule has 2 aromatic heterocycles. The number of ether oxygens (including phenoxy) is 1. The van der Waals surface area contributed by atoms with E-state index in [1.165, 1.54) is 35.2 Å². The van der Waals surface area contributed by atoms with Crippen LogP contribution in [0.3, 0.4) is 0 Å². The first-order valence-corrected chi connectivity index (χ1v) is 20.4. The van der Waals surface area contributed by atoms with Gasteiger partial charge in [0, 0.05) is 10.4 Å². The van der Waals surface area contributed by atoms with E-state index in [1.54, 1.807) is 0 Å². The molecule has 9 heteroatoms. The van der Waals surface area contributed by atoms with Crippen LogP contribution in [0.1, 0.15) is 64.4 Å². The van der Waals surface area contributed by atoms with Crippen molar-refractivity contribution in [3.8, 4) is 5.69 Å². The Kier molecular flexibility index (Phi) is 7.70. The fourth-order valence-corrected chi connectivity index (χ4v) is 14.4. The van der Waals surface area contributed by atoms with E-state index in [1.807, 2.05) is 17.1 Å². The molecule has 2 saturated heterocycles. The molecule has 0 unspecified atom stereocenters. The van der Waals surface area contributed by atoms with Crippen LogP contribution in [-0.4, -0.2) is 71.2 Å². The van der Waals surface area contributed by atoms with Gasteiger partial charge >= 0.3 is 0 Å². The fraction of sp³-hybridized carbons (Fsp3) is 0.450. The number of piperidine rings is 1. The summed E-state index contributed by atoms with van der Waals surface area (Å²) in [4.78, 5) is 2.63. The molecule has 2 aliphatic heterocycles. The van der Waals surface area contributed by atoms with E-state index < -0.39 is 8.32 Å². The van der Waals surface area contributed by atoms with Crippen molar-refractivity contribution in [3.63, 3.8) is 0 Å². The van der Waals surface area contributed by atoms with Crippen molar-refractivity contribution < 1.29 is 9.16 Å². The number of hydrogen-bond acceptors (Lipinski definition) is 5. The van der Waals surface area contributed by atoms with Crippen molar-refractivity contribution >= 4 is 41.2 Å². The lowest BCUT2D eigenvalue weighted by molar-refractivity contribution is -0.0977. The van der Waals surface area contributed by atoms with E-state index in [4.69, 9.17) is 31.0 Å². The Balaban J connectivity index is 0.948. The second-order valence-corrected chi connectivity index (χ2v) is 20.7. The minimum absolute atomic E-state index is 0.00311. The normalized spacial score (nSPS) is 26.2. The molecule has 2 atom stereocenters. The summed E-state index contributed by atoms with van der Waals surface area (Å²) in [5, 5.41) is 14.0. The van der Waals surface area contributed by atoms with Gasteiger partial charge < -0.3 is 9.16 Å².